The van der Waals surface area contributed by atoms with Crippen LogP contribution < -0.4 is 31.1 Å². The van der Waals surface area contributed by atoms with E-state index < -0.39 is 110 Å². The van der Waals surface area contributed by atoms with E-state index in [1.807, 2.05) is 4.90 Å². The standard InChI is InChI=1S/C57H88N14O20.Lu/c72-44(58-19-9-8-11-42(52(87)88)60-57(91)61-43(53(89)90)17-18-45(73)74)12-7-5-3-1-2-4-6-10-20-65-25-28-69(29-26-65)55-62-54(63-56(64-55)71(37-50(83)84)38-51(85)86)59-40-15-13-39(14-16-40)31-41-32-68(35-48(79)80)24-23-66(33-46(75)76)21-22-67(34-47(77)78)27-30-70(41)36-49(81)82;/h13-16,41-43H,1-12,17-38H2,(H,58,72)(H,73,74)(H,75,76)(H,77,78)(H,79,80)(H,81,82)(H,83,84)(H,85,86)(H,87,88)(H,89,90)(H2,60,61,91)(H,59,62,63,64);/q;+3/t41?,42-,43-;/m0./s1. The molecule has 92 heavy (non-hydrogen) atoms. The van der Waals surface area contributed by atoms with Crippen molar-refractivity contribution in [2.24, 2.45) is 0 Å². The molecular formula is C57H88LuN14O20+3. The van der Waals surface area contributed by atoms with Gasteiger partial charge in [-0.2, -0.15) is 15.0 Å². The molecule has 2 saturated heterocycles. The first-order chi connectivity index (χ1) is 43.3. The molecule has 3 amide bonds. The second kappa shape index (κ2) is 42.7. The molecule has 0 saturated carbocycles. The summed E-state index contributed by atoms with van der Waals surface area (Å²) >= 11 is 0. The number of hydrogen-bond donors (Lipinski definition) is 13. The third-order valence-electron chi connectivity index (χ3n) is 15.2. The molecule has 1 aromatic heterocycles. The van der Waals surface area contributed by atoms with Crippen LogP contribution in [0.4, 0.5) is 28.3 Å². The second-order valence-electron chi connectivity index (χ2n) is 22.5. The number of nitrogens with one attached hydrogen (secondary N) is 4. The summed E-state index contributed by atoms with van der Waals surface area (Å²) in [4.78, 5) is 156. The second-order valence-corrected chi connectivity index (χ2v) is 22.5. The Kier molecular flexibility index (Phi) is 36.6. The minimum atomic E-state index is -1.51. The number of carboxylic acid groups (broad SMARTS) is 9. The van der Waals surface area contributed by atoms with Crippen LogP contribution in [-0.4, -0.2) is 294 Å². The van der Waals surface area contributed by atoms with E-state index >= 15 is 0 Å². The number of aliphatic carboxylic acids is 9. The number of aromatic nitrogens is 3. The first kappa shape index (κ1) is 78.9. The van der Waals surface area contributed by atoms with Crippen molar-refractivity contribution in [1.82, 2.24) is 55.4 Å². The molecule has 3 atom stereocenters. The van der Waals surface area contributed by atoms with Crippen LogP contribution in [0.1, 0.15) is 95.5 Å². The van der Waals surface area contributed by atoms with E-state index in [-0.39, 0.29) is 139 Å². The van der Waals surface area contributed by atoms with Crippen molar-refractivity contribution in [2.75, 3.05) is 139 Å². The summed E-state index contributed by atoms with van der Waals surface area (Å²) < 4.78 is 0. The first-order valence-corrected chi connectivity index (χ1v) is 30.4. The van der Waals surface area contributed by atoms with E-state index in [0.717, 1.165) is 56.4 Å². The van der Waals surface area contributed by atoms with Crippen molar-refractivity contribution in [3.8, 4) is 0 Å². The third-order valence-corrected chi connectivity index (χ3v) is 15.2. The van der Waals surface area contributed by atoms with E-state index in [2.05, 4.69) is 41.1 Å². The maximum Gasteiger partial charge on any atom is 3.00 e. The van der Waals surface area contributed by atoms with Gasteiger partial charge in [-0.15, -0.1) is 0 Å². The van der Waals surface area contributed by atoms with E-state index in [1.54, 1.807) is 43.9 Å². The number of piperazine rings is 1. The van der Waals surface area contributed by atoms with Crippen LogP contribution in [0.2, 0.25) is 0 Å². The molecule has 13 N–H and O–H groups in total. The van der Waals surface area contributed by atoms with Crippen LogP contribution in [0.3, 0.4) is 0 Å². The van der Waals surface area contributed by atoms with Crippen molar-refractivity contribution < 1.29 is 136 Å². The van der Waals surface area contributed by atoms with Gasteiger partial charge in [0.15, 0.2) is 0 Å². The van der Waals surface area contributed by atoms with E-state index in [9.17, 15) is 93.6 Å². The Balaban J connectivity index is 0.0000221. The van der Waals surface area contributed by atoms with E-state index in [1.165, 1.54) is 0 Å². The SMILES string of the molecule is O=C(O)CC[C@H](NC(=O)N[C@@H](CCCCNC(=O)CCCCCCCCCCN1CCN(c2nc(Nc3ccc(CC4CN(CC(=O)O)CCN(CC(=O)O)CCN(CC(=O)O)CCN4CC(=O)O)cc3)nc(N(CC(=O)O)CC(=O)O)n2)CC1)C(=O)O)C(=O)O.[Lu+3]. The van der Waals surface area contributed by atoms with Crippen LogP contribution in [0, 0.1) is 36.9 Å². The Hall–Kier alpha value is -7.37. The Morgan fingerprint density at radius 1 is 0.500 bits per heavy atom. The van der Waals surface area contributed by atoms with Crippen LogP contribution in [0.5, 0.6) is 0 Å². The zero-order chi connectivity index (χ0) is 66.8. The zero-order valence-corrected chi connectivity index (χ0v) is 53.0. The minimum absolute atomic E-state index is 0. The Morgan fingerprint density at radius 3 is 1.53 bits per heavy atom. The molecule has 34 nitrogen and oxygen atoms in total. The van der Waals surface area contributed by atoms with Gasteiger partial charge in [-0.3, -0.25) is 62.9 Å². The van der Waals surface area contributed by atoms with Crippen LogP contribution in [-0.2, 0) is 54.4 Å². The zero-order valence-electron chi connectivity index (χ0n) is 51.3. The molecule has 518 valence electrons. The van der Waals surface area contributed by atoms with Crippen molar-refractivity contribution in [3.63, 3.8) is 0 Å². The number of amides is 3. The number of anilines is 4. The van der Waals surface area contributed by atoms with Crippen molar-refractivity contribution in [3.05, 3.63) is 29.8 Å². The molecular weight excluding hydrogens is 1380 g/mol. The number of unbranched alkanes of at least 4 members (excludes halogenated alkanes) is 8. The van der Waals surface area contributed by atoms with Gasteiger partial charge in [0.25, 0.3) is 0 Å². The fraction of sp³-hybridized carbons (Fsp3) is 0.649. The van der Waals surface area contributed by atoms with Crippen LogP contribution >= 0.6 is 0 Å². The number of nitrogens with zero attached hydrogens (tertiary/aromatic N) is 10. The maximum absolute atomic E-state index is 12.4. The molecule has 0 bridgehead atoms. The van der Waals surface area contributed by atoms with Gasteiger partial charge in [-0.25, -0.2) is 14.4 Å². The van der Waals surface area contributed by atoms with Gasteiger partial charge >= 0.3 is 96.6 Å². The van der Waals surface area contributed by atoms with Crippen molar-refractivity contribution >= 4 is 89.2 Å². The monoisotopic (exact) mass is 1460 g/mol. The summed E-state index contributed by atoms with van der Waals surface area (Å²) in [5, 5.41) is 96.3. The van der Waals surface area contributed by atoms with Gasteiger partial charge in [-0.1, -0.05) is 50.7 Å². The number of carbonyl (C=O) groups is 11. The molecule has 3 heterocycles. The largest absolute Gasteiger partial charge is 3.00 e. The molecule has 0 aliphatic carbocycles. The summed E-state index contributed by atoms with van der Waals surface area (Å²) in [5.74, 6) is -11.3. The average Bonchev–Trinajstić information content (AvgIpc) is 0.894. The topological polar surface area (TPSA) is 479 Å². The predicted molar refractivity (Wildman–Crippen MR) is 324 cm³/mol. The molecule has 2 fully saturated rings. The van der Waals surface area contributed by atoms with E-state index in [0.29, 0.717) is 69.7 Å². The van der Waals surface area contributed by atoms with Gasteiger partial charge in [0.05, 0.1) is 26.2 Å². The number of benzene rings is 1. The van der Waals surface area contributed by atoms with Crippen LogP contribution in [0.25, 0.3) is 0 Å². The Bertz CT molecular complexity index is 2710. The molecule has 2 aliphatic heterocycles. The van der Waals surface area contributed by atoms with Crippen molar-refractivity contribution in [2.45, 2.75) is 114 Å². The third kappa shape index (κ3) is 32.8. The maximum atomic E-state index is 12.4. The summed E-state index contributed by atoms with van der Waals surface area (Å²) in [6.07, 6.45) is 8.17. The van der Waals surface area contributed by atoms with Gasteiger partial charge in [0.1, 0.15) is 25.2 Å². The van der Waals surface area contributed by atoms with Gasteiger partial charge < -0.3 is 77.0 Å². The molecule has 2 aromatic rings. The quantitative estimate of drug-likeness (QED) is 0.0391. The Morgan fingerprint density at radius 2 is 1.00 bits per heavy atom. The molecule has 2 aliphatic rings. The molecule has 1 unspecified atom stereocenters. The number of carbonyl (C=O) groups excluding carboxylic acids is 2. The van der Waals surface area contributed by atoms with Gasteiger partial charge in [0, 0.05) is 103 Å². The van der Waals surface area contributed by atoms with E-state index in [4.69, 9.17) is 5.11 Å². The predicted octanol–water partition coefficient (Wildman–Crippen LogP) is 0.0517. The first-order valence-electron chi connectivity index (χ1n) is 30.4. The minimum Gasteiger partial charge on any atom is -0.481 e. The summed E-state index contributed by atoms with van der Waals surface area (Å²) in [7, 11) is 0. The number of carboxylic acids is 9. The average molecular weight is 1460 g/mol. The Labute approximate surface area is 560 Å². The number of rotatable bonds is 41. The summed E-state index contributed by atoms with van der Waals surface area (Å²) in [6.45, 7) is 1.35. The molecule has 4 rings (SSSR count). The number of hydrogen-bond acceptors (Lipinski definition) is 22. The molecule has 1 aromatic carbocycles. The van der Waals surface area contributed by atoms with Gasteiger partial charge in [-0.05, 0) is 69.2 Å². The smallest absolute Gasteiger partial charge is 0.481 e. The summed E-state index contributed by atoms with van der Waals surface area (Å²) in [5.41, 5.74) is 1.18. The summed E-state index contributed by atoms with van der Waals surface area (Å²) in [6, 6.07) is 2.43. The molecule has 0 spiro atoms. The van der Waals surface area contributed by atoms with Crippen molar-refractivity contribution in [1.29, 1.82) is 0 Å². The molecule has 35 heteroatoms. The molecule has 0 radical (unpaired) electrons. The normalized spacial score (nSPS) is 16.3. The fourth-order valence-electron chi connectivity index (χ4n) is 10.5. The number of urea groups is 1. The fourth-order valence-corrected chi connectivity index (χ4v) is 10.5. The van der Waals surface area contributed by atoms with Gasteiger partial charge in [0.2, 0.25) is 23.8 Å². The van der Waals surface area contributed by atoms with Crippen LogP contribution in [0.15, 0.2) is 24.3 Å².